The van der Waals surface area contributed by atoms with Gasteiger partial charge in [-0.05, 0) is 152 Å². The lowest BCUT2D eigenvalue weighted by molar-refractivity contribution is -0.219. The van der Waals surface area contributed by atoms with Crippen LogP contribution in [0.2, 0.25) is 0 Å². The number of hydrogen-bond donors (Lipinski definition) is 3. The normalized spacial score (nSPS) is 32.1. The highest BCUT2D eigenvalue weighted by atomic mass is 19.4. The molecule has 111 heavy (non-hydrogen) atoms. The Morgan fingerprint density at radius 1 is 0.604 bits per heavy atom. The average molecular weight is 1590 g/mol. The largest absolute Gasteiger partial charge is 0.397 e. The standard InChI is InChI=1S/C77H120F8N12O14/c1-12-33-111-51-40-57-67(102)88-75(28-18-29-75)74(109)94(11)65(49-19-14-15-20-49)73(108)93(10)58(70(105)95-31-34-110-35-32-95)41-61(99)92(9)56(36-45(3)4)66(101)87-64(46(5)13-2)72(107)90(7)44-62(100)91(8)55-21-16-17-30-96(71(55)106)59(39-47-22-25-50(26-23-47)76(80,81)82)69(104)89(6)43-60(98)86-54(68(103)97(57)42-51)27-24-48-37-52(78)63(53(79)38-48)77(83,84)85/h45-59,63-65H,12-44H2,1-11H3,(H,86,98)(H,87,101)(H,88,102)/t46-,47?,48?,50?,51+,52?,53?,54-,55-,56-,57-,58-,59-,63?,64-,65-/m0/s1. The maximum Gasteiger partial charge on any atom is 0.397 e. The molecule has 12 atom stereocenters. The van der Waals surface area contributed by atoms with Crippen molar-refractivity contribution in [2.45, 2.75) is 273 Å². The van der Waals surface area contributed by atoms with Gasteiger partial charge in [-0.3, -0.25) is 57.5 Å². The molecular weight excluding hydrogens is 1470 g/mol. The minimum absolute atomic E-state index is 0.00779. The molecule has 0 aromatic carbocycles. The van der Waals surface area contributed by atoms with Crippen LogP contribution in [0.25, 0.3) is 0 Å². The molecule has 4 saturated heterocycles. The summed E-state index contributed by atoms with van der Waals surface area (Å²) in [5, 5.41) is 8.48. The van der Waals surface area contributed by atoms with Crippen molar-refractivity contribution < 1.29 is 102 Å². The monoisotopic (exact) mass is 1590 g/mol. The molecule has 1 spiro atoms. The van der Waals surface area contributed by atoms with Gasteiger partial charge in [-0.2, -0.15) is 26.3 Å². The number of carbonyl (C=O) groups is 12. The molecule has 8 rings (SSSR count). The van der Waals surface area contributed by atoms with Crippen molar-refractivity contribution in [3.63, 3.8) is 0 Å². The van der Waals surface area contributed by atoms with Crippen molar-refractivity contribution >= 4 is 70.9 Å². The van der Waals surface area contributed by atoms with Crippen molar-refractivity contribution in [2.24, 2.45) is 41.4 Å². The van der Waals surface area contributed by atoms with E-state index in [2.05, 4.69) is 16.0 Å². The second-order valence-electron chi connectivity index (χ2n) is 33.3. The van der Waals surface area contributed by atoms with Crippen LogP contribution in [-0.2, 0) is 67.0 Å². The number of halogens is 8. The zero-order valence-corrected chi connectivity index (χ0v) is 66.5. The smallest absolute Gasteiger partial charge is 0.378 e. The van der Waals surface area contributed by atoms with Gasteiger partial charge in [0.1, 0.15) is 72.1 Å². The van der Waals surface area contributed by atoms with Gasteiger partial charge >= 0.3 is 12.4 Å². The molecule has 34 heteroatoms. The van der Waals surface area contributed by atoms with E-state index in [1.54, 1.807) is 13.8 Å². The molecule has 8 fully saturated rings. The first kappa shape index (κ1) is 89.5. The SMILES string of the molecule is CCCO[C@@H]1C[C@H]2C(=O)NC3(CCC3)C(=O)N(C)[C@@H](C3CCCC3)C(=O)N(C)[C@H](C(=O)N3CCOCC3)CC(=O)N(C)[C@@H](CC(C)C)C(=O)N[C@@H]([C@@H](C)CC)C(=O)N(C)CC(=O)N(C)[C@H]3CCCCN(C3=O)[C@@H](CC3CCC(C(F)(F)F)CC3)C(=O)N(C)CC(=O)N[C@@H](CCC3CC(F)C(C(F)(F)F)C(F)C3)C(=O)N2C1. The molecule has 0 aromatic heterocycles. The Hall–Kier alpha value is -7.00. The minimum Gasteiger partial charge on any atom is -0.378 e. The lowest BCUT2D eigenvalue weighted by Gasteiger charge is -2.47. The molecule has 4 aliphatic heterocycles. The van der Waals surface area contributed by atoms with Crippen molar-refractivity contribution in [3.05, 3.63) is 0 Å². The number of hydrogen-bond acceptors (Lipinski definition) is 14. The first-order valence-electron chi connectivity index (χ1n) is 40.2. The Morgan fingerprint density at radius 3 is 1.80 bits per heavy atom. The van der Waals surface area contributed by atoms with E-state index >= 15 is 47.1 Å². The Morgan fingerprint density at radius 2 is 1.23 bits per heavy atom. The molecule has 4 saturated carbocycles. The van der Waals surface area contributed by atoms with Crippen molar-refractivity contribution in [2.75, 3.05) is 101 Å². The third kappa shape index (κ3) is 21.9. The van der Waals surface area contributed by atoms with Crippen LogP contribution >= 0.6 is 0 Å². The quantitative estimate of drug-likeness (QED) is 0.160. The summed E-state index contributed by atoms with van der Waals surface area (Å²) >= 11 is 0. The Bertz CT molecular complexity index is 3270. The number of ether oxygens (including phenoxy) is 2. The molecule has 0 radical (unpaired) electrons. The first-order chi connectivity index (χ1) is 52.2. The lowest BCUT2D eigenvalue weighted by atomic mass is 9.74. The van der Waals surface area contributed by atoms with Crippen LogP contribution in [0.3, 0.4) is 0 Å². The fourth-order valence-corrected chi connectivity index (χ4v) is 17.9. The summed E-state index contributed by atoms with van der Waals surface area (Å²) in [5.41, 5.74) is -1.70. The minimum atomic E-state index is -5.22. The Kier molecular flexibility index (Phi) is 31.4. The van der Waals surface area contributed by atoms with Crippen LogP contribution in [0.4, 0.5) is 35.1 Å². The number of nitrogens with zero attached hydrogens (tertiary/aromatic N) is 9. The maximum atomic E-state index is 15.8. The molecule has 26 nitrogen and oxygen atoms in total. The van der Waals surface area contributed by atoms with Crippen LogP contribution in [0.15, 0.2) is 0 Å². The second kappa shape index (κ2) is 38.9. The average Bonchev–Trinajstić information content (AvgIpc) is 1.69. The van der Waals surface area contributed by atoms with E-state index in [0.29, 0.717) is 51.4 Å². The molecule has 628 valence electrons. The number of carbonyl (C=O) groups excluding carboxylic acids is 12. The third-order valence-corrected chi connectivity index (χ3v) is 25.0. The van der Waals surface area contributed by atoms with Gasteiger partial charge in [0.25, 0.3) is 0 Å². The van der Waals surface area contributed by atoms with Crippen LogP contribution in [-0.4, -0.2) is 301 Å². The predicted octanol–water partition coefficient (Wildman–Crippen LogP) is 6.35. The van der Waals surface area contributed by atoms with Gasteiger partial charge in [-0.25, -0.2) is 8.78 Å². The first-order valence-corrected chi connectivity index (χ1v) is 40.2. The molecule has 0 aromatic rings. The summed E-state index contributed by atoms with van der Waals surface area (Å²) in [7, 11) is 8.10. The van der Waals surface area contributed by atoms with E-state index in [4.69, 9.17) is 9.47 Å². The summed E-state index contributed by atoms with van der Waals surface area (Å²) in [5.74, 6) is -16.8. The van der Waals surface area contributed by atoms with Crippen LogP contribution in [0, 0.1) is 41.4 Å². The van der Waals surface area contributed by atoms with Gasteiger partial charge in [-0.15, -0.1) is 0 Å². The molecule has 4 heterocycles. The number of fused-ring (bicyclic) bond motifs is 3. The fourth-order valence-electron chi connectivity index (χ4n) is 17.9. The molecule has 4 aliphatic carbocycles. The summed E-state index contributed by atoms with van der Waals surface area (Å²) in [6.07, 6.45) is -15.4. The summed E-state index contributed by atoms with van der Waals surface area (Å²) in [6.45, 7) is 7.77. The highest BCUT2D eigenvalue weighted by molar-refractivity contribution is 6.01. The summed E-state index contributed by atoms with van der Waals surface area (Å²) in [4.78, 5) is 193. The maximum absolute atomic E-state index is 15.8. The number of alkyl halides is 8. The van der Waals surface area contributed by atoms with Gasteiger partial charge in [0, 0.05) is 81.5 Å². The van der Waals surface area contributed by atoms with Gasteiger partial charge in [0.15, 0.2) is 0 Å². The van der Waals surface area contributed by atoms with Crippen LogP contribution < -0.4 is 16.0 Å². The lowest BCUT2D eigenvalue weighted by Crippen LogP contribution is -2.68. The second-order valence-corrected chi connectivity index (χ2v) is 33.3. The number of likely N-dealkylation sites (N-methyl/N-ethyl adjacent to an activating group) is 6. The highest BCUT2D eigenvalue weighted by Gasteiger charge is 2.56. The Labute approximate surface area is 646 Å². The van der Waals surface area contributed by atoms with Gasteiger partial charge in [0.05, 0.1) is 44.7 Å². The number of rotatable bonds is 14. The number of nitrogens with one attached hydrogen (secondary N) is 3. The van der Waals surface area contributed by atoms with E-state index in [0.717, 1.165) is 24.5 Å². The predicted molar refractivity (Wildman–Crippen MR) is 390 cm³/mol. The molecule has 2 unspecified atom stereocenters. The van der Waals surface area contributed by atoms with Crippen molar-refractivity contribution in [3.8, 4) is 0 Å². The number of morpholine rings is 1. The molecule has 3 N–H and O–H groups in total. The van der Waals surface area contributed by atoms with E-state index < -0.39 is 230 Å². The number of amides is 12. The van der Waals surface area contributed by atoms with E-state index in [9.17, 15) is 45.5 Å². The summed E-state index contributed by atoms with van der Waals surface area (Å²) in [6, 6.07) is -11.3. The van der Waals surface area contributed by atoms with Gasteiger partial charge in [0.2, 0.25) is 70.9 Å². The fraction of sp³-hybridized carbons (Fsp3) is 0.844. The molecular formula is C77H120F8N12O14. The Balaban J connectivity index is 1.21. The zero-order chi connectivity index (χ0) is 81.9. The van der Waals surface area contributed by atoms with Crippen LogP contribution in [0.5, 0.6) is 0 Å². The van der Waals surface area contributed by atoms with Crippen molar-refractivity contribution in [1.82, 2.24) is 60.0 Å². The topological polar surface area (TPSA) is 289 Å². The molecule has 12 amide bonds. The third-order valence-electron chi connectivity index (χ3n) is 25.0. The van der Waals surface area contributed by atoms with E-state index in [-0.39, 0.29) is 129 Å². The van der Waals surface area contributed by atoms with Crippen molar-refractivity contribution in [1.29, 1.82) is 0 Å². The molecule has 2 bridgehead atoms. The van der Waals surface area contributed by atoms with E-state index in [1.165, 1.54) is 61.9 Å². The molecule has 8 aliphatic rings. The van der Waals surface area contributed by atoms with E-state index in [1.807, 2.05) is 20.8 Å². The summed E-state index contributed by atoms with van der Waals surface area (Å²) < 4.78 is 127. The highest BCUT2D eigenvalue weighted by Crippen LogP contribution is 2.46. The van der Waals surface area contributed by atoms with Crippen LogP contribution in [0.1, 0.15) is 189 Å². The van der Waals surface area contributed by atoms with Gasteiger partial charge in [-0.1, -0.05) is 53.9 Å². The van der Waals surface area contributed by atoms with Gasteiger partial charge < -0.3 is 69.5 Å². The zero-order valence-electron chi connectivity index (χ0n) is 66.5.